The second kappa shape index (κ2) is 3.34. The Morgan fingerprint density at radius 2 is 2.36 bits per heavy atom. The summed E-state index contributed by atoms with van der Waals surface area (Å²) < 4.78 is 0.564. The minimum absolute atomic E-state index is 0.276. The van der Waals surface area contributed by atoms with E-state index in [1.54, 1.807) is 12.1 Å². The van der Waals surface area contributed by atoms with Crippen LogP contribution in [0.15, 0.2) is 12.1 Å². The molecule has 0 aliphatic rings. The second-order valence-electron chi connectivity index (χ2n) is 2.14. The molecule has 2 nitrogen and oxygen atoms in total. The molecule has 1 rings (SSSR count). The van der Waals surface area contributed by atoms with Crippen molar-refractivity contribution in [3.05, 3.63) is 21.3 Å². The molecule has 1 atom stereocenters. The third-order valence-corrected chi connectivity index (χ3v) is 2.44. The highest BCUT2D eigenvalue weighted by molar-refractivity contribution is 7.18. The standard InChI is InChI=1S/C7H7ClO2S/c1-4(9)7(10)5-2-3-6(8)11-5/h2-4,9H,1H3. The van der Waals surface area contributed by atoms with Crippen molar-refractivity contribution >= 4 is 28.7 Å². The predicted molar refractivity (Wildman–Crippen MR) is 45.3 cm³/mol. The molecule has 0 saturated carbocycles. The number of carbonyl (C=O) groups excluding carboxylic acids is 1. The topological polar surface area (TPSA) is 37.3 Å². The maximum atomic E-state index is 11.1. The van der Waals surface area contributed by atoms with E-state index in [0.717, 1.165) is 0 Å². The molecular weight excluding hydrogens is 184 g/mol. The Hall–Kier alpha value is -0.380. The van der Waals surface area contributed by atoms with Gasteiger partial charge in [-0.2, -0.15) is 0 Å². The summed E-state index contributed by atoms with van der Waals surface area (Å²) in [7, 11) is 0. The van der Waals surface area contributed by atoms with Gasteiger partial charge in [-0.1, -0.05) is 11.6 Å². The zero-order valence-electron chi connectivity index (χ0n) is 5.87. The first-order valence-electron chi connectivity index (χ1n) is 3.09. The van der Waals surface area contributed by atoms with Crippen molar-refractivity contribution in [2.24, 2.45) is 0 Å². The van der Waals surface area contributed by atoms with Crippen LogP contribution in [0.1, 0.15) is 16.6 Å². The predicted octanol–water partition coefficient (Wildman–Crippen LogP) is 1.96. The third-order valence-electron chi connectivity index (χ3n) is 1.20. The summed E-state index contributed by atoms with van der Waals surface area (Å²) in [5.74, 6) is -0.276. The number of Topliss-reactive ketones (excluding diaryl/α,β-unsaturated/α-hetero) is 1. The van der Waals surface area contributed by atoms with Crippen LogP contribution in [0.2, 0.25) is 4.34 Å². The zero-order valence-corrected chi connectivity index (χ0v) is 7.45. The maximum Gasteiger partial charge on any atom is 0.200 e. The Balaban J connectivity index is 2.85. The van der Waals surface area contributed by atoms with Gasteiger partial charge in [0.05, 0.1) is 9.21 Å². The summed E-state index contributed by atoms with van der Waals surface area (Å²) in [4.78, 5) is 11.6. The number of thiophene rings is 1. The number of ketones is 1. The van der Waals surface area contributed by atoms with E-state index in [0.29, 0.717) is 9.21 Å². The van der Waals surface area contributed by atoms with E-state index in [1.807, 2.05) is 0 Å². The lowest BCUT2D eigenvalue weighted by molar-refractivity contribution is 0.0784. The zero-order chi connectivity index (χ0) is 8.43. The first-order valence-corrected chi connectivity index (χ1v) is 4.28. The Morgan fingerprint density at radius 1 is 1.73 bits per heavy atom. The largest absolute Gasteiger partial charge is 0.385 e. The number of hydrogen-bond donors (Lipinski definition) is 1. The fraction of sp³-hybridized carbons (Fsp3) is 0.286. The molecule has 60 valence electrons. The number of aliphatic hydroxyl groups is 1. The molecule has 1 N–H and O–H groups in total. The van der Waals surface area contributed by atoms with Gasteiger partial charge in [0.1, 0.15) is 6.10 Å². The van der Waals surface area contributed by atoms with Crippen LogP contribution >= 0.6 is 22.9 Å². The molecule has 1 heterocycles. The first-order chi connectivity index (χ1) is 5.11. The highest BCUT2D eigenvalue weighted by Crippen LogP contribution is 2.22. The van der Waals surface area contributed by atoms with Gasteiger partial charge in [0.25, 0.3) is 0 Å². The first kappa shape index (κ1) is 8.71. The molecule has 0 aromatic carbocycles. The molecule has 0 fully saturated rings. The van der Waals surface area contributed by atoms with Gasteiger partial charge in [-0.15, -0.1) is 11.3 Å². The molecule has 0 radical (unpaired) electrons. The van der Waals surface area contributed by atoms with Crippen LogP contribution in [0.3, 0.4) is 0 Å². The Morgan fingerprint density at radius 3 is 2.73 bits per heavy atom. The lowest BCUT2D eigenvalue weighted by atomic mass is 10.2. The summed E-state index contributed by atoms with van der Waals surface area (Å²) in [5.41, 5.74) is 0. The van der Waals surface area contributed by atoms with E-state index in [9.17, 15) is 4.79 Å². The van der Waals surface area contributed by atoms with Gasteiger partial charge in [-0.05, 0) is 19.1 Å². The van der Waals surface area contributed by atoms with E-state index in [1.165, 1.54) is 18.3 Å². The molecular formula is C7H7ClO2S. The number of rotatable bonds is 2. The van der Waals surface area contributed by atoms with Crippen LogP contribution in [0, 0.1) is 0 Å². The quantitative estimate of drug-likeness (QED) is 0.724. The van der Waals surface area contributed by atoms with Crippen LogP contribution in [0.5, 0.6) is 0 Å². The molecule has 4 heteroatoms. The van der Waals surface area contributed by atoms with E-state index in [4.69, 9.17) is 16.7 Å². The number of aliphatic hydroxyl groups excluding tert-OH is 1. The van der Waals surface area contributed by atoms with Gasteiger partial charge in [0.2, 0.25) is 5.78 Å². The lowest BCUT2D eigenvalue weighted by Crippen LogP contribution is -2.14. The van der Waals surface area contributed by atoms with Gasteiger partial charge >= 0.3 is 0 Å². The van der Waals surface area contributed by atoms with Crippen molar-refractivity contribution in [3.8, 4) is 0 Å². The van der Waals surface area contributed by atoms with Gasteiger partial charge in [-0.3, -0.25) is 4.79 Å². The van der Waals surface area contributed by atoms with Crippen molar-refractivity contribution in [2.75, 3.05) is 0 Å². The Bertz CT molecular complexity index is 267. The van der Waals surface area contributed by atoms with Crippen LogP contribution in [0.25, 0.3) is 0 Å². The molecule has 1 aromatic rings. The SMILES string of the molecule is CC(O)C(=O)c1ccc(Cl)s1. The summed E-state index contributed by atoms with van der Waals surface area (Å²) in [6.07, 6.45) is -0.940. The van der Waals surface area contributed by atoms with E-state index in [2.05, 4.69) is 0 Å². The monoisotopic (exact) mass is 190 g/mol. The number of hydrogen-bond acceptors (Lipinski definition) is 3. The van der Waals surface area contributed by atoms with Crippen molar-refractivity contribution in [1.82, 2.24) is 0 Å². The number of carbonyl (C=O) groups is 1. The Labute approximate surface area is 73.4 Å². The highest BCUT2D eigenvalue weighted by atomic mass is 35.5. The van der Waals surface area contributed by atoms with Crippen molar-refractivity contribution in [3.63, 3.8) is 0 Å². The van der Waals surface area contributed by atoms with Crippen molar-refractivity contribution < 1.29 is 9.90 Å². The maximum absolute atomic E-state index is 11.1. The normalized spacial score (nSPS) is 13.0. The van der Waals surface area contributed by atoms with E-state index >= 15 is 0 Å². The van der Waals surface area contributed by atoms with Gasteiger partial charge in [0, 0.05) is 0 Å². The minimum Gasteiger partial charge on any atom is -0.385 e. The minimum atomic E-state index is -0.940. The molecule has 0 saturated heterocycles. The van der Waals surface area contributed by atoms with Crippen LogP contribution in [-0.2, 0) is 0 Å². The molecule has 0 amide bonds. The van der Waals surface area contributed by atoms with Gasteiger partial charge in [-0.25, -0.2) is 0 Å². The summed E-state index contributed by atoms with van der Waals surface area (Å²) >= 11 is 6.77. The summed E-state index contributed by atoms with van der Waals surface area (Å²) in [6, 6.07) is 3.25. The average Bonchev–Trinajstić information content (AvgIpc) is 2.34. The molecule has 0 bridgehead atoms. The lowest BCUT2D eigenvalue weighted by Gasteiger charge is -1.97. The van der Waals surface area contributed by atoms with E-state index in [-0.39, 0.29) is 5.78 Å². The number of halogens is 1. The molecule has 1 unspecified atom stereocenters. The molecule has 0 spiro atoms. The fourth-order valence-corrected chi connectivity index (χ4v) is 1.72. The average molecular weight is 191 g/mol. The van der Waals surface area contributed by atoms with E-state index < -0.39 is 6.10 Å². The molecule has 0 aliphatic heterocycles. The molecule has 1 aromatic heterocycles. The summed E-state index contributed by atoms with van der Waals surface area (Å²) in [6.45, 7) is 1.44. The van der Waals surface area contributed by atoms with Gasteiger partial charge < -0.3 is 5.11 Å². The smallest absolute Gasteiger partial charge is 0.200 e. The molecule has 0 aliphatic carbocycles. The molecule has 11 heavy (non-hydrogen) atoms. The second-order valence-corrected chi connectivity index (χ2v) is 3.86. The Kier molecular flexibility index (Phi) is 2.65. The van der Waals surface area contributed by atoms with Crippen molar-refractivity contribution in [2.45, 2.75) is 13.0 Å². The highest BCUT2D eigenvalue weighted by Gasteiger charge is 2.13. The third kappa shape index (κ3) is 2.02. The van der Waals surface area contributed by atoms with Crippen LogP contribution in [-0.4, -0.2) is 17.0 Å². The van der Waals surface area contributed by atoms with Crippen LogP contribution < -0.4 is 0 Å². The summed E-state index contributed by atoms with van der Waals surface area (Å²) in [5, 5.41) is 8.90. The van der Waals surface area contributed by atoms with Gasteiger partial charge in [0.15, 0.2) is 0 Å². The van der Waals surface area contributed by atoms with Crippen molar-refractivity contribution in [1.29, 1.82) is 0 Å². The van der Waals surface area contributed by atoms with Crippen LogP contribution in [0.4, 0.5) is 0 Å². The fourth-order valence-electron chi connectivity index (χ4n) is 0.653.